The van der Waals surface area contributed by atoms with Crippen LogP contribution < -0.4 is 4.74 Å². The monoisotopic (exact) mass is 265 g/mol. The van der Waals surface area contributed by atoms with Crippen molar-refractivity contribution < 1.29 is 14.3 Å². The Balaban J connectivity index is 2.31. The van der Waals surface area contributed by atoms with Gasteiger partial charge in [-0.2, -0.15) is 0 Å². The van der Waals surface area contributed by atoms with Crippen LogP contribution in [0.1, 0.15) is 25.3 Å². The Morgan fingerprint density at radius 3 is 2.53 bits per heavy atom. The third-order valence-electron chi connectivity index (χ3n) is 2.84. The molecule has 106 valence electrons. The highest BCUT2D eigenvalue weighted by atomic mass is 16.5. The lowest BCUT2D eigenvalue weighted by atomic mass is 10.2. The molecule has 1 aromatic carbocycles. The molecule has 0 spiro atoms. The molecule has 1 aromatic rings. The van der Waals surface area contributed by atoms with Crippen LogP contribution >= 0.6 is 0 Å². The third kappa shape index (κ3) is 6.25. The molecule has 0 aromatic heterocycles. The molecule has 4 nitrogen and oxygen atoms in total. The first-order valence-corrected chi connectivity index (χ1v) is 6.62. The smallest absolute Gasteiger partial charge is 0.305 e. The summed E-state index contributed by atoms with van der Waals surface area (Å²) in [6, 6.07) is 8.12. The molecule has 0 saturated heterocycles. The topological polar surface area (TPSA) is 38.8 Å². The molecule has 0 aliphatic heterocycles. The van der Waals surface area contributed by atoms with Gasteiger partial charge in [-0.15, -0.1) is 0 Å². The van der Waals surface area contributed by atoms with Crippen LogP contribution in [0.15, 0.2) is 24.3 Å². The van der Waals surface area contributed by atoms with Gasteiger partial charge in [0.1, 0.15) is 5.75 Å². The fraction of sp³-hybridized carbons (Fsp3) is 0.533. The van der Waals surface area contributed by atoms with Crippen molar-refractivity contribution in [3.05, 3.63) is 29.8 Å². The van der Waals surface area contributed by atoms with Crippen LogP contribution in [0.25, 0.3) is 0 Å². The van der Waals surface area contributed by atoms with Crippen molar-refractivity contribution in [2.75, 3.05) is 27.3 Å². The van der Waals surface area contributed by atoms with Crippen molar-refractivity contribution in [2.24, 2.45) is 0 Å². The molecule has 0 bridgehead atoms. The van der Waals surface area contributed by atoms with E-state index < -0.39 is 0 Å². The van der Waals surface area contributed by atoms with E-state index in [0.717, 1.165) is 25.3 Å². The van der Waals surface area contributed by atoms with Gasteiger partial charge in [0.05, 0.1) is 13.7 Å². The molecule has 0 radical (unpaired) electrons. The summed E-state index contributed by atoms with van der Waals surface area (Å²) < 4.78 is 10.0. The molecule has 4 heteroatoms. The van der Waals surface area contributed by atoms with Crippen molar-refractivity contribution in [1.29, 1.82) is 0 Å². The van der Waals surface area contributed by atoms with Crippen LogP contribution in [0.4, 0.5) is 0 Å². The quantitative estimate of drug-likeness (QED) is 0.677. The Hall–Kier alpha value is -1.55. The van der Waals surface area contributed by atoms with E-state index in [1.54, 1.807) is 0 Å². The van der Waals surface area contributed by atoms with Gasteiger partial charge in [0.25, 0.3) is 0 Å². The minimum atomic E-state index is -0.144. The van der Waals surface area contributed by atoms with Crippen LogP contribution in [0.3, 0.4) is 0 Å². The van der Waals surface area contributed by atoms with Crippen LogP contribution in [0, 0.1) is 0 Å². The van der Waals surface area contributed by atoms with Crippen LogP contribution in [0.2, 0.25) is 0 Å². The predicted molar refractivity (Wildman–Crippen MR) is 75.2 cm³/mol. The maximum absolute atomic E-state index is 11.0. The normalized spacial score (nSPS) is 10.5. The summed E-state index contributed by atoms with van der Waals surface area (Å²) in [6.45, 7) is 4.41. The minimum Gasteiger partial charge on any atom is -0.494 e. The second kappa shape index (κ2) is 8.53. The lowest BCUT2D eigenvalue weighted by molar-refractivity contribution is -0.140. The molecule has 0 unspecified atom stereocenters. The summed E-state index contributed by atoms with van der Waals surface area (Å²) in [5.41, 5.74) is 1.24. The number of hydrogen-bond acceptors (Lipinski definition) is 4. The molecule has 0 N–H and O–H groups in total. The molecular formula is C15H23NO3. The van der Waals surface area contributed by atoms with Gasteiger partial charge in [-0.1, -0.05) is 12.1 Å². The Morgan fingerprint density at radius 2 is 1.95 bits per heavy atom. The molecule has 0 fully saturated rings. The number of rotatable bonds is 8. The highest BCUT2D eigenvalue weighted by Gasteiger charge is 2.04. The molecule has 0 atom stereocenters. The zero-order valence-corrected chi connectivity index (χ0v) is 12.0. The first-order valence-electron chi connectivity index (χ1n) is 6.62. The van der Waals surface area contributed by atoms with E-state index in [4.69, 9.17) is 4.74 Å². The fourth-order valence-corrected chi connectivity index (χ4v) is 1.84. The fourth-order valence-electron chi connectivity index (χ4n) is 1.84. The van der Waals surface area contributed by atoms with Gasteiger partial charge >= 0.3 is 5.97 Å². The van der Waals surface area contributed by atoms with Crippen LogP contribution in [0.5, 0.6) is 5.75 Å². The summed E-state index contributed by atoms with van der Waals surface area (Å²) in [7, 11) is 3.47. The van der Waals surface area contributed by atoms with Crippen molar-refractivity contribution in [3.63, 3.8) is 0 Å². The third-order valence-corrected chi connectivity index (χ3v) is 2.84. The second-order valence-corrected chi connectivity index (χ2v) is 4.49. The number of ether oxygens (including phenoxy) is 2. The van der Waals surface area contributed by atoms with Crippen molar-refractivity contribution in [3.8, 4) is 5.75 Å². The summed E-state index contributed by atoms with van der Waals surface area (Å²) in [5, 5.41) is 0. The summed E-state index contributed by atoms with van der Waals surface area (Å²) in [6.07, 6.45) is 1.30. The number of nitrogens with zero attached hydrogens (tertiary/aromatic N) is 1. The van der Waals surface area contributed by atoms with Gasteiger partial charge in [-0.25, -0.2) is 0 Å². The van der Waals surface area contributed by atoms with E-state index in [2.05, 4.69) is 21.8 Å². The molecule has 1 rings (SSSR count). The van der Waals surface area contributed by atoms with Gasteiger partial charge in [-0.05, 0) is 44.6 Å². The Labute approximate surface area is 115 Å². The van der Waals surface area contributed by atoms with Gasteiger partial charge in [0, 0.05) is 13.0 Å². The van der Waals surface area contributed by atoms with Gasteiger partial charge < -0.3 is 14.4 Å². The lowest BCUT2D eigenvalue weighted by Crippen LogP contribution is -2.20. The Morgan fingerprint density at radius 1 is 1.26 bits per heavy atom. The van der Waals surface area contributed by atoms with Gasteiger partial charge in [-0.3, -0.25) is 4.79 Å². The standard InChI is InChI=1S/C15H23NO3/c1-4-19-14-9-7-13(8-10-14)12-16(2)11-5-6-15(17)18-3/h7-10H,4-6,11-12H2,1-3H3. The molecular weight excluding hydrogens is 242 g/mol. The first kappa shape index (κ1) is 15.5. The van der Waals surface area contributed by atoms with E-state index in [1.165, 1.54) is 12.7 Å². The van der Waals surface area contributed by atoms with Crippen molar-refractivity contribution >= 4 is 5.97 Å². The summed E-state index contributed by atoms with van der Waals surface area (Å²) >= 11 is 0. The predicted octanol–water partition coefficient (Wildman–Crippen LogP) is 2.47. The summed E-state index contributed by atoms with van der Waals surface area (Å²) in [4.78, 5) is 13.2. The highest BCUT2D eigenvalue weighted by Crippen LogP contribution is 2.13. The average Bonchev–Trinajstić information content (AvgIpc) is 2.41. The molecule has 0 heterocycles. The second-order valence-electron chi connectivity index (χ2n) is 4.49. The average molecular weight is 265 g/mol. The van der Waals surface area contributed by atoms with Crippen molar-refractivity contribution in [2.45, 2.75) is 26.3 Å². The van der Waals surface area contributed by atoms with E-state index in [0.29, 0.717) is 13.0 Å². The first-order chi connectivity index (χ1) is 9.15. The zero-order valence-electron chi connectivity index (χ0n) is 12.0. The molecule has 0 amide bonds. The number of carbonyl (C=O) groups is 1. The number of esters is 1. The van der Waals surface area contributed by atoms with E-state index in [-0.39, 0.29) is 5.97 Å². The van der Waals surface area contributed by atoms with Crippen LogP contribution in [-0.2, 0) is 16.1 Å². The molecule has 0 saturated carbocycles. The largest absolute Gasteiger partial charge is 0.494 e. The number of benzene rings is 1. The maximum Gasteiger partial charge on any atom is 0.305 e. The molecule has 19 heavy (non-hydrogen) atoms. The lowest BCUT2D eigenvalue weighted by Gasteiger charge is -2.16. The van der Waals surface area contributed by atoms with Gasteiger partial charge in [0.2, 0.25) is 0 Å². The van der Waals surface area contributed by atoms with E-state index in [9.17, 15) is 4.79 Å². The summed E-state index contributed by atoms with van der Waals surface area (Å²) in [5.74, 6) is 0.758. The highest BCUT2D eigenvalue weighted by molar-refractivity contribution is 5.69. The number of carbonyl (C=O) groups excluding carboxylic acids is 1. The van der Waals surface area contributed by atoms with Crippen molar-refractivity contribution in [1.82, 2.24) is 4.90 Å². The SMILES string of the molecule is CCOc1ccc(CN(C)CCCC(=O)OC)cc1. The zero-order chi connectivity index (χ0) is 14.1. The van der Waals surface area contributed by atoms with Crippen LogP contribution in [-0.4, -0.2) is 38.2 Å². The Kier molecular flexibility index (Phi) is 6.97. The van der Waals surface area contributed by atoms with Gasteiger partial charge in [0.15, 0.2) is 0 Å². The maximum atomic E-state index is 11.0. The Bertz CT molecular complexity index is 375. The van der Waals surface area contributed by atoms with E-state index >= 15 is 0 Å². The minimum absolute atomic E-state index is 0.144. The molecule has 0 aliphatic rings. The molecule has 0 aliphatic carbocycles. The number of methoxy groups -OCH3 is 1. The number of hydrogen-bond donors (Lipinski definition) is 0. The van der Waals surface area contributed by atoms with E-state index in [1.807, 2.05) is 26.1 Å².